The zero-order valence-electron chi connectivity index (χ0n) is 22.6. The van der Waals surface area contributed by atoms with Crippen LogP contribution in [0.4, 0.5) is 4.79 Å². The quantitative estimate of drug-likeness (QED) is 0.238. The number of ether oxygens (including phenoxy) is 1. The molecule has 1 aromatic heterocycles. The number of nitrogens with zero attached hydrogens (tertiary/aromatic N) is 2. The van der Waals surface area contributed by atoms with Gasteiger partial charge in [0, 0.05) is 5.56 Å². The third-order valence-electron chi connectivity index (χ3n) is 7.15. The maximum absolute atomic E-state index is 13.8. The van der Waals surface area contributed by atoms with Crippen molar-refractivity contribution in [3.8, 4) is 0 Å². The number of aliphatic imine (C=N–C) groups is 1. The van der Waals surface area contributed by atoms with Crippen LogP contribution in [-0.2, 0) is 9.53 Å². The Kier molecular flexibility index (Phi) is 10.1. The van der Waals surface area contributed by atoms with Crippen molar-refractivity contribution in [3.63, 3.8) is 0 Å². The van der Waals surface area contributed by atoms with E-state index in [1.54, 1.807) is 13.0 Å². The molecule has 0 spiro atoms. The largest absolute Gasteiger partial charge is 0.448 e. The number of hydrogen-bond donors (Lipinski definition) is 3. The standard InChI is InChI=1S/C30H38N4O5/c1-3-22(26(35)29-33-23-17-11-12-18-25(23)39-29)32-28(36)24(19-20-13-7-5-8-14-20)31-27(34-30(37)38-4-2)21-15-9-6-10-16-21/h6,9-12,15-18,20,22,24,26,35H,3-5,7-8,13-14,19H2,1-2H3,(H,32,36)(H,31,34,37). The van der Waals surface area contributed by atoms with Gasteiger partial charge in [0.1, 0.15) is 17.4 Å². The van der Waals surface area contributed by atoms with Gasteiger partial charge in [0.15, 0.2) is 11.7 Å². The molecule has 9 heteroatoms. The van der Waals surface area contributed by atoms with Crippen LogP contribution in [0.3, 0.4) is 0 Å². The Balaban J connectivity index is 1.57. The van der Waals surface area contributed by atoms with Gasteiger partial charge in [-0.15, -0.1) is 0 Å². The fourth-order valence-corrected chi connectivity index (χ4v) is 5.05. The summed E-state index contributed by atoms with van der Waals surface area (Å²) in [6.45, 7) is 3.80. The smallest absolute Gasteiger partial charge is 0.435 e. The first-order valence-electron chi connectivity index (χ1n) is 13.9. The van der Waals surface area contributed by atoms with Crippen LogP contribution >= 0.6 is 0 Å². The molecule has 1 aliphatic rings. The van der Waals surface area contributed by atoms with E-state index >= 15 is 0 Å². The molecule has 4 rings (SSSR count). The van der Waals surface area contributed by atoms with E-state index in [1.807, 2.05) is 55.5 Å². The van der Waals surface area contributed by atoms with E-state index in [0.29, 0.717) is 35.4 Å². The van der Waals surface area contributed by atoms with Gasteiger partial charge in [0.25, 0.3) is 0 Å². The summed E-state index contributed by atoms with van der Waals surface area (Å²) >= 11 is 0. The van der Waals surface area contributed by atoms with Gasteiger partial charge in [-0.25, -0.2) is 9.78 Å². The summed E-state index contributed by atoms with van der Waals surface area (Å²) in [5, 5.41) is 17.4. The second-order valence-corrected chi connectivity index (χ2v) is 9.95. The second kappa shape index (κ2) is 13.9. The highest BCUT2D eigenvalue weighted by Gasteiger charge is 2.31. The number of aliphatic hydroxyl groups is 1. The molecule has 3 atom stereocenters. The van der Waals surface area contributed by atoms with Crippen molar-refractivity contribution in [2.75, 3.05) is 6.61 Å². The van der Waals surface area contributed by atoms with E-state index in [1.165, 1.54) is 6.42 Å². The Morgan fingerprint density at radius 3 is 2.46 bits per heavy atom. The van der Waals surface area contributed by atoms with E-state index in [0.717, 1.165) is 25.7 Å². The van der Waals surface area contributed by atoms with Crippen LogP contribution in [0.5, 0.6) is 0 Å². The summed E-state index contributed by atoms with van der Waals surface area (Å²) < 4.78 is 10.8. The van der Waals surface area contributed by atoms with Crippen LogP contribution in [0.25, 0.3) is 11.1 Å². The van der Waals surface area contributed by atoms with Gasteiger partial charge in [-0.2, -0.15) is 4.99 Å². The molecule has 1 heterocycles. The minimum absolute atomic E-state index is 0.161. The molecule has 0 saturated heterocycles. The summed E-state index contributed by atoms with van der Waals surface area (Å²) in [5.41, 5.74) is 1.89. The molecule has 208 valence electrons. The molecular formula is C30H38N4O5. The highest BCUT2D eigenvalue weighted by atomic mass is 16.5. The first-order chi connectivity index (χ1) is 19.0. The number of hydrogen-bond acceptors (Lipinski definition) is 6. The zero-order chi connectivity index (χ0) is 27.6. The van der Waals surface area contributed by atoms with Crippen molar-refractivity contribution in [1.82, 2.24) is 15.6 Å². The average molecular weight is 535 g/mol. The third kappa shape index (κ3) is 7.66. The number of fused-ring (bicyclic) bond motifs is 1. The molecular weight excluding hydrogens is 496 g/mol. The van der Waals surface area contributed by atoms with Gasteiger partial charge in [-0.3, -0.25) is 4.79 Å². The monoisotopic (exact) mass is 534 g/mol. The number of oxazole rings is 1. The molecule has 39 heavy (non-hydrogen) atoms. The minimum atomic E-state index is -1.12. The maximum Gasteiger partial charge on any atom is 0.435 e. The van der Waals surface area contributed by atoms with E-state index < -0.39 is 24.3 Å². The van der Waals surface area contributed by atoms with Crippen molar-refractivity contribution in [2.24, 2.45) is 10.9 Å². The molecule has 9 nitrogen and oxygen atoms in total. The molecule has 1 aliphatic carbocycles. The fourth-order valence-electron chi connectivity index (χ4n) is 5.05. The van der Waals surface area contributed by atoms with Crippen molar-refractivity contribution in [3.05, 3.63) is 66.1 Å². The summed E-state index contributed by atoms with van der Waals surface area (Å²) in [6.07, 6.45) is 4.76. The summed E-state index contributed by atoms with van der Waals surface area (Å²) in [6, 6.07) is 15.2. The van der Waals surface area contributed by atoms with E-state index in [4.69, 9.17) is 9.15 Å². The Morgan fingerprint density at radius 2 is 1.77 bits per heavy atom. The third-order valence-corrected chi connectivity index (χ3v) is 7.15. The first-order valence-corrected chi connectivity index (χ1v) is 13.9. The summed E-state index contributed by atoms with van der Waals surface area (Å²) in [4.78, 5) is 34.6. The molecule has 2 aromatic carbocycles. The van der Waals surface area contributed by atoms with Crippen LogP contribution in [0.1, 0.15) is 76.4 Å². The van der Waals surface area contributed by atoms with Crippen LogP contribution in [0, 0.1) is 5.92 Å². The van der Waals surface area contributed by atoms with Crippen molar-refractivity contribution < 1.29 is 23.8 Å². The molecule has 2 amide bonds. The number of amidine groups is 1. The number of rotatable bonds is 10. The van der Waals surface area contributed by atoms with Gasteiger partial charge < -0.3 is 24.9 Å². The van der Waals surface area contributed by atoms with Crippen molar-refractivity contribution in [2.45, 2.75) is 77.0 Å². The molecule has 3 N–H and O–H groups in total. The molecule has 1 fully saturated rings. The number of aromatic nitrogens is 1. The van der Waals surface area contributed by atoms with E-state index in [9.17, 15) is 14.7 Å². The zero-order valence-corrected chi connectivity index (χ0v) is 22.6. The molecule has 0 aliphatic heterocycles. The second-order valence-electron chi connectivity index (χ2n) is 9.95. The lowest BCUT2D eigenvalue weighted by Gasteiger charge is -2.29. The Labute approximate surface area is 229 Å². The predicted octanol–water partition coefficient (Wildman–Crippen LogP) is 5.29. The lowest BCUT2D eigenvalue weighted by Crippen LogP contribution is -2.52. The number of aliphatic hydroxyl groups excluding tert-OH is 1. The molecule has 0 bridgehead atoms. The molecule has 3 aromatic rings. The highest BCUT2D eigenvalue weighted by Crippen LogP contribution is 2.28. The van der Waals surface area contributed by atoms with Crippen LogP contribution in [0.15, 0.2) is 64.0 Å². The first kappa shape index (κ1) is 28.3. The summed E-state index contributed by atoms with van der Waals surface area (Å²) in [7, 11) is 0. The summed E-state index contributed by atoms with van der Waals surface area (Å²) in [5.74, 6) is 0.519. The fraction of sp³-hybridized carbons (Fsp3) is 0.467. The van der Waals surface area contributed by atoms with Gasteiger partial charge in [0.05, 0.1) is 12.6 Å². The molecule has 0 radical (unpaired) electrons. The maximum atomic E-state index is 13.8. The predicted molar refractivity (Wildman–Crippen MR) is 149 cm³/mol. The van der Waals surface area contributed by atoms with Gasteiger partial charge in [-0.05, 0) is 37.8 Å². The van der Waals surface area contributed by atoms with Crippen LogP contribution < -0.4 is 10.6 Å². The number of para-hydroxylation sites is 2. The Hall–Kier alpha value is -3.72. The number of nitrogens with one attached hydrogen (secondary N) is 2. The molecule has 3 unspecified atom stereocenters. The van der Waals surface area contributed by atoms with Crippen LogP contribution in [-0.4, -0.2) is 46.6 Å². The van der Waals surface area contributed by atoms with Crippen molar-refractivity contribution in [1.29, 1.82) is 0 Å². The lowest BCUT2D eigenvalue weighted by atomic mass is 9.84. The van der Waals surface area contributed by atoms with Gasteiger partial charge in [-0.1, -0.05) is 81.5 Å². The van der Waals surface area contributed by atoms with Crippen LogP contribution in [0.2, 0.25) is 0 Å². The molecule has 1 saturated carbocycles. The number of amides is 2. The van der Waals surface area contributed by atoms with E-state index in [2.05, 4.69) is 20.6 Å². The lowest BCUT2D eigenvalue weighted by molar-refractivity contribution is -0.125. The topological polar surface area (TPSA) is 126 Å². The van der Waals surface area contributed by atoms with E-state index in [-0.39, 0.29) is 24.2 Å². The average Bonchev–Trinajstić information content (AvgIpc) is 3.40. The minimum Gasteiger partial charge on any atom is -0.448 e. The SMILES string of the molecule is CCOC(=O)/N=C(\NC(CC1CCCCC1)C(=O)NC(CC)C(O)c1nc2ccccc2o1)c1ccccc1. The van der Waals surface area contributed by atoms with Gasteiger partial charge >= 0.3 is 6.09 Å². The van der Waals surface area contributed by atoms with Crippen molar-refractivity contribution >= 4 is 28.9 Å². The number of benzene rings is 2. The Morgan fingerprint density at radius 1 is 1.05 bits per heavy atom. The van der Waals surface area contributed by atoms with Gasteiger partial charge in [0.2, 0.25) is 11.8 Å². The highest BCUT2D eigenvalue weighted by molar-refractivity contribution is 6.05. The normalized spacial score (nSPS) is 16.8. The number of carbonyl (C=O) groups excluding carboxylic acids is 2. The number of carbonyl (C=O) groups is 2. The Bertz CT molecular complexity index is 1220.